The quantitative estimate of drug-likeness (QED) is 0.397. The maximum Gasteiger partial charge on any atom is 0.365 e. The number of fused-ring (bicyclic) bond motifs is 1. The number of nitrogens with zero attached hydrogens (tertiary/aromatic N) is 1. The van der Waals surface area contributed by atoms with Crippen LogP contribution in [0.4, 0.5) is 0 Å². The van der Waals surface area contributed by atoms with Gasteiger partial charge in [0.15, 0.2) is 5.69 Å². The Morgan fingerprint density at radius 2 is 2.21 bits per heavy atom. The number of allylic oxidation sites excluding steroid dienone is 1. The molecule has 0 atom stereocenters. The molecule has 0 radical (unpaired) electrons. The first-order chi connectivity index (χ1) is 6.72. The summed E-state index contributed by atoms with van der Waals surface area (Å²) in [6, 6.07) is 1.61. The molecular weight excluding hydrogens is 182 g/mol. The van der Waals surface area contributed by atoms with Gasteiger partial charge in [-0.05, 0) is 18.1 Å². The van der Waals surface area contributed by atoms with E-state index >= 15 is 0 Å². The second-order valence-corrected chi connectivity index (χ2v) is 2.91. The molecule has 1 aliphatic heterocycles. The molecular formula is C10H7NO3. The molecule has 0 spiro atoms. The van der Waals surface area contributed by atoms with Crippen molar-refractivity contribution < 1.29 is 14.3 Å². The number of hydrogen-bond acceptors (Lipinski definition) is 4. The Morgan fingerprint density at radius 3 is 2.93 bits per heavy atom. The van der Waals surface area contributed by atoms with Gasteiger partial charge in [0.2, 0.25) is 0 Å². The van der Waals surface area contributed by atoms with Crippen LogP contribution in [0.1, 0.15) is 26.4 Å². The van der Waals surface area contributed by atoms with Crippen molar-refractivity contribution in [2.24, 2.45) is 0 Å². The fraction of sp³-hybridized carbons (Fsp3) is 0.100. The van der Waals surface area contributed by atoms with Crippen LogP contribution in [0.5, 0.6) is 0 Å². The number of ether oxygens (including phenoxy) is 1. The van der Waals surface area contributed by atoms with Crippen LogP contribution in [-0.4, -0.2) is 16.9 Å². The number of aromatic nitrogens is 1. The van der Waals surface area contributed by atoms with E-state index in [-0.39, 0.29) is 11.3 Å². The summed E-state index contributed by atoms with van der Waals surface area (Å²) in [6.07, 6.45) is 3.85. The summed E-state index contributed by atoms with van der Waals surface area (Å²) in [4.78, 5) is 26.0. The summed E-state index contributed by atoms with van der Waals surface area (Å²) < 4.78 is 4.40. The maximum atomic E-state index is 11.1. The van der Waals surface area contributed by atoms with Gasteiger partial charge in [0.25, 0.3) is 0 Å². The number of rotatable bonds is 2. The third-order valence-corrected chi connectivity index (χ3v) is 1.92. The lowest BCUT2D eigenvalue weighted by molar-refractivity contribution is 0.0441. The summed E-state index contributed by atoms with van der Waals surface area (Å²) in [5.41, 5.74) is 1.18. The van der Waals surface area contributed by atoms with Crippen LogP contribution in [0, 0.1) is 0 Å². The van der Waals surface area contributed by atoms with Gasteiger partial charge in [-0.3, -0.25) is 0 Å². The topological polar surface area (TPSA) is 56.3 Å². The highest BCUT2D eigenvalue weighted by molar-refractivity contribution is 6.13. The second kappa shape index (κ2) is 3.06. The van der Waals surface area contributed by atoms with E-state index in [1.165, 1.54) is 0 Å². The van der Waals surface area contributed by atoms with Gasteiger partial charge < -0.3 is 4.74 Å². The van der Waals surface area contributed by atoms with Gasteiger partial charge in [0, 0.05) is 6.20 Å². The zero-order valence-electron chi connectivity index (χ0n) is 7.32. The highest BCUT2D eigenvalue weighted by atomic mass is 16.6. The van der Waals surface area contributed by atoms with E-state index in [1.54, 1.807) is 18.3 Å². The van der Waals surface area contributed by atoms with Gasteiger partial charge >= 0.3 is 11.9 Å². The maximum absolute atomic E-state index is 11.1. The molecule has 0 bridgehead atoms. The molecule has 1 aliphatic rings. The van der Waals surface area contributed by atoms with Crippen LogP contribution in [-0.2, 0) is 11.2 Å². The van der Waals surface area contributed by atoms with Crippen LogP contribution >= 0.6 is 0 Å². The van der Waals surface area contributed by atoms with Gasteiger partial charge in [-0.2, -0.15) is 0 Å². The third kappa shape index (κ3) is 1.21. The minimum absolute atomic E-state index is 0.0998. The second-order valence-electron chi connectivity index (χ2n) is 2.91. The Labute approximate surface area is 80.2 Å². The molecule has 0 amide bonds. The van der Waals surface area contributed by atoms with Gasteiger partial charge in [0.1, 0.15) is 0 Å². The molecule has 2 heterocycles. The monoisotopic (exact) mass is 189 g/mol. The number of carbonyl (C=O) groups excluding carboxylic acids is 2. The summed E-state index contributed by atoms with van der Waals surface area (Å²) >= 11 is 0. The highest BCUT2D eigenvalue weighted by Crippen LogP contribution is 2.18. The molecule has 0 unspecified atom stereocenters. The normalized spacial score (nSPS) is 13.7. The lowest BCUT2D eigenvalue weighted by Crippen LogP contribution is -1.98. The van der Waals surface area contributed by atoms with Gasteiger partial charge in [-0.1, -0.05) is 6.08 Å². The Bertz CT molecular complexity index is 437. The lowest BCUT2D eigenvalue weighted by atomic mass is 10.1. The van der Waals surface area contributed by atoms with E-state index in [4.69, 9.17) is 0 Å². The molecule has 1 aromatic rings. The first-order valence-electron chi connectivity index (χ1n) is 4.08. The Hall–Kier alpha value is -1.97. The van der Waals surface area contributed by atoms with Crippen molar-refractivity contribution in [1.29, 1.82) is 0 Å². The Morgan fingerprint density at radius 1 is 1.43 bits per heavy atom. The van der Waals surface area contributed by atoms with Crippen LogP contribution in [0.2, 0.25) is 0 Å². The van der Waals surface area contributed by atoms with Crippen LogP contribution < -0.4 is 0 Å². The summed E-state index contributed by atoms with van der Waals surface area (Å²) in [6.45, 7) is 3.57. The highest BCUT2D eigenvalue weighted by Gasteiger charge is 2.31. The van der Waals surface area contributed by atoms with Gasteiger partial charge in [0.05, 0.1) is 5.56 Å². The van der Waals surface area contributed by atoms with Crippen LogP contribution in [0.3, 0.4) is 0 Å². The number of hydrogen-bond donors (Lipinski definition) is 0. The molecule has 2 rings (SSSR count). The SMILES string of the molecule is C=CCc1cnc2c(c1)C(=O)OC2=O. The number of carbonyl (C=O) groups is 2. The molecule has 0 saturated carbocycles. The van der Waals surface area contributed by atoms with Crippen molar-refractivity contribution in [3.8, 4) is 0 Å². The predicted molar refractivity (Wildman–Crippen MR) is 47.9 cm³/mol. The van der Waals surface area contributed by atoms with Gasteiger partial charge in [-0.15, -0.1) is 6.58 Å². The van der Waals surface area contributed by atoms with E-state index in [2.05, 4.69) is 16.3 Å². The lowest BCUT2D eigenvalue weighted by Gasteiger charge is -1.96. The minimum Gasteiger partial charge on any atom is -0.384 e. The molecule has 0 aliphatic carbocycles. The molecule has 0 aromatic carbocycles. The van der Waals surface area contributed by atoms with Crippen molar-refractivity contribution in [2.45, 2.75) is 6.42 Å². The van der Waals surface area contributed by atoms with Crippen LogP contribution in [0.25, 0.3) is 0 Å². The Kier molecular flexibility index (Phi) is 1.89. The van der Waals surface area contributed by atoms with E-state index in [0.717, 1.165) is 5.56 Å². The number of cyclic esters (lactones) is 2. The van der Waals surface area contributed by atoms with Crippen molar-refractivity contribution in [1.82, 2.24) is 4.98 Å². The molecule has 1 aromatic heterocycles. The molecule has 4 nitrogen and oxygen atoms in total. The summed E-state index contributed by atoms with van der Waals surface area (Å²) in [5.74, 6) is -1.29. The first-order valence-corrected chi connectivity index (χ1v) is 4.08. The minimum atomic E-state index is -0.671. The third-order valence-electron chi connectivity index (χ3n) is 1.92. The molecule has 0 N–H and O–H groups in total. The van der Waals surface area contributed by atoms with Gasteiger partial charge in [-0.25, -0.2) is 14.6 Å². The molecule has 0 saturated heterocycles. The van der Waals surface area contributed by atoms with E-state index in [0.29, 0.717) is 6.42 Å². The first kappa shape index (κ1) is 8.62. The average Bonchev–Trinajstić information content (AvgIpc) is 2.43. The average molecular weight is 189 g/mol. The molecule has 14 heavy (non-hydrogen) atoms. The molecule has 4 heteroatoms. The van der Waals surface area contributed by atoms with Crippen molar-refractivity contribution >= 4 is 11.9 Å². The van der Waals surface area contributed by atoms with Crippen molar-refractivity contribution in [2.75, 3.05) is 0 Å². The fourth-order valence-electron chi connectivity index (χ4n) is 1.29. The zero-order chi connectivity index (χ0) is 10.1. The zero-order valence-corrected chi connectivity index (χ0v) is 7.32. The van der Waals surface area contributed by atoms with Crippen LogP contribution in [0.15, 0.2) is 24.9 Å². The van der Waals surface area contributed by atoms with Crippen molar-refractivity contribution in [3.63, 3.8) is 0 Å². The molecule has 0 fully saturated rings. The largest absolute Gasteiger partial charge is 0.384 e. The summed E-state index contributed by atoms with van der Waals surface area (Å²) in [5, 5.41) is 0. The smallest absolute Gasteiger partial charge is 0.365 e. The molecule has 70 valence electrons. The Balaban J connectivity index is 2.49. The number of esters is 2. The standard InChI is InChI=1S/C10H7NO3/c1-2-3-6-4-7-8(11-5-6)10(13)14-9(7)12/h2,4-5H,1,3H2. The van der Waals surface area contributed by atoms with Crippen molar-refractivity contribution in [3.05, 3.63) is 41.7 Å². The summed E-state index contributed by atoms with van der Waals surface area (Å²) in [7, 11) is 0. The fourth-order valence-corrected chi connectivity index (χ4v) is 1.29. The predicted octanol–water partition coefficient (Wildman–Crippen LogP) is 1.12. The van der Waals surface area contributed by atoms with E-state index in [9.17, 15) is 9.59 Å². The van der Waals surface area contributed by atoms with E-state index < -0.39 is 11.9 Å². The van der Waals surface area contributed by atoms with E-state index in [1.807, 2.05) is 0 Å². The number of pyridine rings is 1.